The van der Waals surface area contributed by atoms with Gasteiger partial charge in [0.15, 0.2) is 17.4 Å². The van der Waals surface area contributed by atoms with Gasteiger partial charge in [0, 0.05) is 37.3 Å². The van der Waals surface area contributed by atoms with Crippen LogP contribution in [0.2, 0.25) is 10.0 Å². The van der Waals surface area contributed by atoms with Crippen molar-refractivity contribution in [1.82, 2.24) is 14.5 Å². The fourth-order valence-corrected chi connectivity index (χ4v) is 4.63. The second-order valence-corrected chi connectivity index (χ2v) is 9.17. The molecule has 0 unspecified atom stereocenters. The van der Waals surface area contributed by atoms with Crippen LogP contribution in [0.1, 0.15) is 33.8 Å². The van der Waals surface area contributed by atoms with Crippen LogP contribution < -0.4 is 10.1 Å². The van der Waals surface area contributed by atoms with E-state index in [1.54, 1.807) is 30.1 Å². The van der Waals surface area contributed by atoms with Gasteiger partial charge in [-0.25, -0.2) is 9.37 Å². The Morgan fingerprint density at radius 1 is 1.19 bits per heavy atom. The Morgan fingerprint density at radius 2 is 1.92 bits per heavy atom. The van der Waals surface area contributed by atoms with Crippen molar-refractivity contribution in [3.8, 4) is 17.0 Å². The molecule has 188 valence electrons. The standard InChI is InChI=1S/C25H23Cl2FN4O4/c1-31-19(17-5-6-20(36-2)22(28)21(17)27)12-29-23(31)24(34)30-15-3-4-16(18(26)11-15)25(35)32-9-7-14(13-33)8-10-32/h3-6,11-14H,7-10H2,1-2H3,(H,30,34). The van der Waals surface area contributed by atoms with E-state index in [0.29, 0.717) is 48.4 Å². The van der Waals surface area contributed by atoms with Crippen molar-refractivity contribution in [2.45, 2.75) is 12.8 Å². The number of hydrogen-bond donors (Lipinski definition) is 1. The van der Waals surface area contributed by atoms with Crippen LogP contribution in [0.25, 0.3) is 11.3 Å². The second-order valence-electron chi connectivity index (χ2n) is 8.38. The number of anilines is 1. The summed E-state index contributed by atoms with van der Waals surface area (Å²) in [6, 6.07) is 7.65. The largest absolute Gasteiger partial charge is 0.494 e. The van der Waals surface area contributed by atoms with Crippen molar-refractivity contribution >= 4 is 47.0 Å². The minimum atomic E-state index is -0.707. The van der Waals surface area contributed by atoms with Gasteiger partial charge in [-0.05, 0) is 43.2 Å². The zero-order chi connectivity index (χ0) is 26.0. The highest BCUT2D eigenvalue weighted by atomic mass is 35.5. The highest BCUT2D eigenvalue weighted by Crippen LogP contribution is 2.35. The molecule has 1 N–H and O–H groups in total. The summed E-state index contributed by atoms with van der Waals surface area (Å²) in [4.78, 5) is 42.5. The van der Waals surface area contributed by atoms with Crippen molar-refractivity contribution in [3.05, 3.63) is 63.8 Å². The molecule has 1 aliphatic heterocycles. The number of aldehydes is 1. The number of carbonyl (C=O) groups excluding carboxylic acids is 3. The number of benzene rings is 2. The van der Waals surface area contributed by atoms with Gasteiger partial charge in [-0.2, -0.15) is 0 Å². The van der Waals surface area contributed by atoms with Crippen LogP contribution in [0.15, 0.2) is 36.5 Å². The summed E-state index contributed by atoms with van der Waals surface area (Å²) in [5, 5.41) is 2.75. The predicted molar refractivity (Wildman–Crippen MR) is 134 cm³/mol. The summed E-state index contributed by atoms with van der Waals surface area (Å²) in [6.07, 6.45) is 3.60. The number of carbonyl (C=O) groups is 3. The molecule has 2 amide bonds. The van der Waals surface area contributed by atoms with Crippen LogP contribution in [0.3, 0.4) is 0 Å². The molecular weight excluding hydrogens is 510 g/mol. The highest BCUT2D eigenvalue weighted by molar-refractivity contribution is 6.34. The van der Waals surface area contributed by atoms with E-state index in [1.165, 1.54) is 30.0 Å². The van der Waals surface area contributed by atoms with Gasteiger partial charge in [-0.3, -0.25) is 9.59 Å². The van der Waals surface area contributed by atoms with Gasteiger partial charge in [-0.1, -0.05) is 23.2 Å². The van der Waals surface area contributed by atoms with Crippen LogP contribution in [-0.2, 0) is 11.8 Å². The average molecular weight is 533 g/mol. The Kier molecular flexibility index (Phi) is 7.61. The van der Waals surface area contributed by atoms with E-state index in [2.05, 4.69) is 10.3 Å². The topological polar surface area (TPSA) is 93.5 Å². The third kappa shape index (κ3) is 4.94. The maximum atomic E-state index is 14.4. The third-order valence-electron chi connectivity index (χ3n) is 6.21. The molecule has 4 rings (SSSR count). The fraction of sp³-hybridized carbons (Fsp3) is 0.280. The quantitative estimate of drug-likeness (QED) is 0.458. The molecule has 1 saturated heterocycles. The normalized spacial score (nSPS) is 14.0. The monoisotopic (exact) mass is 532 g/mol. The zero-order valence-corrected chi connectivity index (χ0v) is 21.1. The highest BCUT2D eigenvalue weighted by Gasteiger charge is 2.25. The van der Waals surface area contributed by atoms with E-state index in [4.69, 9.17) is 27.9 Å². The summed E-state index contributed by atoms with van der Waals surface area (Å²) in [5.41, 5.74) is 1.48. The van der Waals surface area contributed by atoms with Crippen LogP contribution in [-0.4, -0.2) is 52.8 Å². The summed E-state index contributed by atoms with van der Waals surface area (Å²) in [7, 11) is 2.95. The number of ether oxygens (including phenoxy) is 1. The van der Waals surface area contributed by atoms with Crippen LogP contribution in [0.5, 0.6) is 5.75 Å². The van der Waals surface area contributed by atoms with E-state index in [1.807, 2.05) is 0 Å². The third-order valence-corrected chi connectivity index (χ3v) is 6.89. The smallest absolute Gasteiger partial charge is 0.291 e. The first-order valence-electron chi connectivity index (χ1n) is 11.1. The molecule has 1 fully saturated rings. The Hall–Kier alpha value is -3.43. The number of hydrogen-bond acceptors (Lipinski definition) is 5. The van der Waals surface area contributed by atoms with E-state index < -0.39 is 11.7 Å². The molecule has 11 heteroatoms. The van der Waals surface area contributed by atoms with E-state index in [-0.39, 0.29) is 33.4 Å². The molecule has 0 saturated carbocycles. The lowest BCUT2D eigenvalue weighted by molar-refractivity contribution is -0.112. The number of aromatic nitrogens is 2. The maximum Gasteiger partial charge on any atom is 0.291 e. The molecule has 8 nitrogen and oxygen atoms in total. The van der Waals surface area contributed by atoms with E-state index in [9.17, 15) is 18.8 Å². The maximum absolute atomic E-state index is 14.4. The van der Waals surface area contributed by atoms with Gasteiger partial charge < -0.3 is 24.3 Å². The molecule has 0 spiro atoms. The average Bonchev–Trinajstić information content (AvgIpc) is 3.26. The summed E-state index contributed by atoms with van der Waals surface area (Å²) in [6.45, 7) is 0.974. The van der Waals surface area contributed by atoms with Gasteiger partial charge in [0.05, 0.1) is 34.6 Å². The Balaban J connectivity index is 1.49. The van der Waals surface area contributed by atoms with Crippen molar-refractivity contribution in [2.24, 2.45) is 13.0 Å². The lowest BCUT2D eigenvalue weighted by Crippen LogP contribution is -2.38. The molecule has 1 aliphatic rings. The molecular formula is C25H23Cl2FN4O4. The Bertz CT molecular complexity index is 1340. The summed E-state index contributed by atoms with van der Waals surface area (Å²) >= 11 is 12.5. The number of imidazole rings is 1. The molecule has 0 radical (unpaired) electrons. The molecule has 1 aromatic heterocycles. The van der Waals surface area contributed by atoms with Crippen molar-refractivity contribution in [3.63, 3.8) is 0 Å². The van der Waals surface area contributed by atoms with Crippen LogP contribution in [0.4, 0.5) is 10.1 Å². The Morgan fingerprint density at radius 3 is 2.56 bits per heavy atom. The SMILES string of the molecule is COc1ccc(-c2cnc(C(=O)Nc3ccc(C(=O)N4CCC(C=O)CC4)c(Cl)c3)n2C)c(Cl)c1F. The second kappa shape index (κ2) is 10.7. The molecule has 0 aliphatic carbocycles. The minimum Gasteiger partial charge on any atom is -0.494 e. The number of nitrogens with one attached hydrogen (secondary N) is 1. The van der Waals surface area contributed by atoms with Gasteiger partial charge in [0.2, 0.25) is 0 Å². The number of piperidine rings is 1. The van der Waals surface area contributed by atoms with Gasteiger partial charge in [-0.15, -0.1) is 0 Å². The predicted octanol–water partition coefficient (Wildman–Crippen LogP) is 4.85. The lowest BCUT2D eigenvalue weighted by Gasteiger charge is -2.30. The minimum absolute atomic E-state index is 0.00753. The molecule has 2 heterocycles. The zero-order valence-electron chi connectivity index (χ0n) is 19.6. The summed E-state index contributed by atoms with van der Waals surface area (Å²) < 4.78 is 20.8. The first kappa shape index (κ1) is 25.7. The molecule has 2 aromatic carbocycles. The first-order valence-corrected chi connectivity index (χ1v) is 11.9. The van der Waals surface area contributed by atoms with E-state index >= 15 is 0 Å². The molecule has 3 aromatic rings. The Labute approximate surface area is 217 Å². The van der Waals surface area contributed by atoms with Gasteiger partial charge in [0.25, 0.3) is 11.8 Å². The number of methoxy groups -OCH3 is 1. The molecule has 36 heavy (non-hydrogen) atoms. The lowest BCUT2D eigenvalue weighted by atomic mass is 9.98. The first-order chi connectivity index (χ1) is 17.2. The summed E-state index contributed by atoms with van der Waals surface area (Å²) in [5.74, 6) is -1.41. The number of likely N-dealkylation sites (tertiary alicyclic amines) is 1. The molecule has 0 atom stereocenters. The van der Waals surface area contributed by atoms with Crippen molar-refractivity contribution in [1.29, 1.82) is 0 Å². The van der Waals surface area contributed by atoms with Crippen LogP contribution in [0, 0.1) is 11.7 Å². The van der Waals surface area contributed by atoms with Crippen LogP contribution >= 0.6 is 23.2 Å². The van der Waals surface area contributed by atoms with Crippen molar-refractivity contribution in [2.75, 3.05) is 25.5 Å². The van der Waals surface area contributed by atoms with Gasteiger partial charge in [0.1, 0.15) is 6.29 Å². The van der Waals surface area contributed by atoms with E-state index in [0.717, 1.165) is 6.29 Å². The fourth-order valence-electron chi connectivity index (χ4n) is 4.12. The van der Waals surface area contributed by atoms with Crippen molar-refractivity contribution < 1.29 is 23.5 Å². The number of amides is 2. The number of halogens is 3. The number of nitrogens with zero attached hydrogens (tertiary/aromatic N) is 3. The number of rotatable bonds is 6. The van der Waals surface area contributed by atoms with Gasteiger partial charge >= 0.3 is 0 Å². The molecule has 0 bridgehead atoms.